The maximum atomic E-state index is 3.48. The molecule has 0 unspecified atom stereocenters. The summed E-state index contributed by atoms with van der Waals surface area (Å²) in [6, 6.07) is 0. The first-order valence-corrected chi connectivity index (χ1v) is 3.44. The summed E-state index contributed by atoms with van der Waals surface area (Å²) in [7, 11) is 0. The van der Waals surface area contributed by atoms with Crippen LogP contribution in [0.15, 0.2) is 25.8 Å². The topological polar surface area (TPSA) is 0 Å². The molecule has 0 nitrogen and oxygen atoms in total. The zero-order valence-corrected chi connectivity index (χ0v) is 7.11. The molecule has 0 bridgehead atoms. The predicted octanol–water partition coefficient (Wildman–Crippen LogP) is 3.80. The quantitative estimate of drug-likeness (QED) is 0.471. The van der Waals surface area contributed by atoms with E-state index in [1.54, 1.807) is 0 Å². The van der Waals surface area contributed by atoms with Crippen molar-refractivity contribution >= 4 is 0 Å². The van der Waals surface area contributed by atoms with Gasteiger partial charge in [0.15, 0.2) is 0 Å². The van der Waals surface area contributed by atoms with Crippen molar-refractivity contribution in [2.75, 3.05) is 0 Å². The van der Waals surface area contributed by atoms with Gasteiger partial charge in [-0.3, -0.25) is 0 Å². The molecule has 56 valence electrons. The third-order valence-corrected chi connectivity index (χ3v) is 0.289. The van der Waals surface area contributed by atoms with Crippen LogP contribution in [-0.2, 0) is 0 Å². The van der Waals surface area contributed by atoms with E-state index in [-0.39, 0.29) is 0 Å². The summed E-state index contributed by atoms with van der Waals surface area (Å²) in [5.41, 5.74) is 0. The van der Waals surface area contributed by atoms with Gasteiger partial charge in [-0.2, -0.15) is 0 Å². The molecule has 0 heterocycles. The Morgan fingerprint density at radius 2 is 1.22 bits per heavy atom. The van der Waals surface area contributed by atoms with Gasteiger partial charge in [0.2, 0.25) is 0 Å². The van der Waals surface area contributed by atoms with Crippen molar-refractivity contribution in [1.29, 1.82) is 0 Å². The average Bonchev–Trinajstić information content (AvgIpc) is 1.94. The van der Waals surface area contributed by atoms with E-state index in [4.69, 9.17) is 0 Å². The van der Waals surface area contributed by atoms with Crippen LogP contribution >= 0.6 is 0 Å². The van der Waals surface area contributed by atoms with Crippen molar-refractivity contribution in [3.05, 3.63) is 25.8 Å². The normalized spacial score (nSPS) is 5.22. The molecule has 0 fully saturated rings. The fourth-order valence-electron chi connectivity index (χ4n) is 0. The Hall–Kier alpha value is -0.520. The van der Waals surface area contributed by atoms with E-state index in [0.29, 0.717) is 0 Å². The third kappa shape index (κ3) is 975. The molecule has 0 heteroatoms. The summed E-state index contributed by atoms with van der Waals surface area (Å²) in [6.45, 7) is 15.8. The van der Waals surface area contributed by atoms with Gasteiger partial charge in [0.1, 0.15) is 0 Å². The zero-order valence-electron chi connectivity index (χ0n) is 7.11. The minimum atomic E-state index is 1.08. The number of hydrogen-bond acceptors (Lipinski definition) is 0. The van der Waals surface area contributed by atoms with Gasteiger partial charge < -0.3 is 0 Å². The lowest BCUT2D eigenvalue weighted by Crippen LogP contribution is -1.36. The third-order valence-electron chi connectivity index (χ3n) is 0.289. The molecule has 0 N–H and O–H groups in total. The summed E-state index contributed by atoms with van der Waals surface area (Å²) in [4.78, 5) is 0. The monoisotopic (exact) mass is 128 g/mol. The Kier molecular flexibility index (Phi) is 89.6. The van der Waals surface area contributed by atoms with Crippen LogP contribution in [0.4, 0.5) is 0 Å². The summed E-state index contributed by atoms with van der Waals surface area (Å²) >= 11 is 0. The molecule has 0 saturated heterocycles. The highest BCUT2D eigenvalue weighted by Crippen LogP contribution is 1.66. The van der Waals surface area contributed by atoms with Crippen LogP contribution in [0.3, 0.4) is 0 Å². The van der Waals surface area contributed by atoms with Crippen LogP contribution in [0.25, 0.3) is 0 Å². The Balaban J connectivity index is -0.0000000646. The zero-order chi connectivity index (χ0) is 8.12. The molecule has 0 amide bonds. The average molecular weight is 128 g/mol. The van der Waals surface area contributed by atoms with Crippen molar-refractivity contribution in [2.45, 2.75) is 33.6 Å². The van der Waals surface area contributed by atoms with Crippen molar-refractivity contribution in [2.24, 2.45) is 0 Å². The second-order valence-corrected chi connectivity index (χ2v) is 1.40. The number of hydrogen-bond donors (Lipinski definition) is 0. The lowest BCUT2D eigenvalue weighted by molar-refractivity contribution is 1.09. The fraction of sp³-hybridized carbons (Fsp3) is 0.556. The van der Waals surface area contributed by atoms with Crippen LogP contribution in [0.5, 0.6) is 0 Å². The minimum absolute atomic E-state index is 1.08. The molecule has 0 aliphatic rings. The van der Waals surface area contributed by atoms with Crippen LogP contribution < -0.4 is 0 Å². The highest BCUT2D eigenvalue weighted by atomic mass is 13.5. The van der Waals surface area contributed by atoms with Gasteiger partial charge in [-0.05, 0) is 6.42 Å². The fourth-order valence-corrected chi connectivity index (χ4v) is 0. The van der Waals surface area contributed by atoms with Crippen molar-refractivity contribution in [1.82, 2.24) is 0 Å². The van der Waals surface area contributed by atoms with Crippen LogP contribution in [-0.4, -0.2) is 0 Å². The van der Waals surface area contributed by atoms with Crippen molar-refractivity contribution < 1.29 is 0 Å². The summed E-state index contributed by atoms with van der Waals surface area (Å²) in [5.74, 6) is 0. The van der Waals surface area contributed by atoms with Crippen LogP contribution in [0.1, 0.15) is 33.6 Å². The molecule has 0 saturated carbocycles. The van der Waals surface area contributed by atoms with Gasteiger partial charge >= 0.3 is 0 Å². The molecule has 0 aliphatic heterocycles. The molecule has 0 spiro atoms. The standard InChI is InChI=1S/C4H8.C3H8.C2H4/c1-3-4-2;1-3-2;1-2/h3H,1,4H2,2H3;3H2,1-2H3;1-2H2. The smallest absolute Gasteiger partial charge is 0.0382 e. The first-order chi connectivity index (χ1) is 4.33. The molecule has 0 rings (SSSR count). The van der Waals surface area contributed by atoms with Crippen LogP contribution in [0, 0.1) is 0 Å². The number of rotatable bonds is 1. The van der Waals surface area contributed by atoms with E-state index < -0.39 is 0 Å². The Morgan fingerprint density at radius 3 is 1.22 bits per heavy atom. The maximum Gasteiger partial charge on any atom is -0.0382 e. The second kappa shape index (κ2) is 51.1. The highest BCUT2D eigenvalue weighted by Gasteiger charge is 1.45. The molecule has 0 aromatic heterocycles. The molecular formula is C9H20. The second-order valence-electron chi connectivity index (χ2n) is 1.40. The molecule has 0 radical (unpaired) electrons. The lowest BCUT2D eigenvalue weighted by Gasteiger charge is -1.57. The van der Waals surface area contributed by atoms with Crippen molar-refractivity contribution in [3.8, 4) is 0 Å². The predicted molar refractivity (Wildman–Crippen MR) is 47.7 cm³/mol. The van der Waals surface area contributed by atoms with E-state index in [2.05, 4.69) is 40.5 Å². The Bertz CT molecular complexity index is 29.0. The summed E-state index contributed by atoms with van der Waals surface area (Å²) < 4.78 is 0. The van der Waals surface area contributed by atoms with Gasteiger partial charge in [0.05, 0.1) is 0 Å². The van der Waals surface area contributed by atoms with Gasteiger partial charge in [0, 0.05) is 0 Å². The molecule has 9 heavy (non-hydrogen) atoms. The highest BCUT2D eigenvalue weighted by molar-refractivity contribution is 4.60. The van der Waals surface area contributed by atoms with E-state index in [1.165, 1.54) is 6.42 Å². The lowest BCUT2D eigenvalue weighted by atomic mass is 10.5. The van der Waals surface area contributed by atoms with Gasteiger partial charge in [-0.25, -0.2) is 0 Å². The maximum absolute atomic E-state index is 3.48. The molecule has 0 atom stereocenters. The summed E-state index contributed by atoms with van der Waals surface area (Å²) in [6.07, 6.45) is 4.21. The largest absolute Gasteiger partial charge is 0.106 e. The molecule has 0 aliphatic carbocycles. The minimum Gasteiger partial charge on any atom is -0.106 e. The molecular weight excluding hydrogens is 108 g/mol. The van der Waals surface area contributed by atoms with E-state index in [1.807, 2.05) is 6.08 Å². The molecule has 0 aromatic rings. The molecule has 0 aromatic carbocycles. The van der Waals surface area contributed by atoms with Crippen molar-refractivity contribution in [3.63, 3.8) is 0 Å². The van der Waals surface area contributed by atoms with Gasteiger partial charge in [0.25, 0.3) is 0 Å². The first kappa shape index (κ1) is 15.8. The van der Waals surface area contributed by atoms with E-state index in [0.717, 1.165) is 6.42 Å². The number of allylic oxidation sites excluding steroid dienone is 1. The Labute approximate surface area is 60.3 Å². The first-order valence-electron chi connectivity index (χ1n) is 3.44. The SMILES string of the molecule is C=C.C=CCC.CCC. The Morgan fingerprint density at radius 1 is 1.11 bits per heavy atom. The van der Waals surface area contributed by atoms with Gasteiger partial charge in [-0.15, -0.1) is 19.7 Å². The van der Waals surface area contributed by atoms with E-state index >= 15 is 0 Å². The van der Waals surface area contributed by atoms with E-state index in [9.17, 15) is 0 Å². The van der Waals surface area contributed by atoms with Crippen LogP contribution in [0.2, 0.25) is 0 Å². The summed E-state index contributed by atoms with van der Waals surface area (Å²) in [5, 5.41) is 0. The van der Waals surface area contributed by atoms with Gasteiger partial charge in [-0.1, -0.05) is 33.3 Å².